The second-order valence-corrected chi connectivity index (χ2v) is 6.36. The Morgan fingerprint density at radius 2 is 2.21 bits per heavy atom. The molecule has 1 aromatic heterocycles. The normalized spacial score (nSPS) is 12.9. The second kappa shape index (κ2) is 6.61. The van der Waals surface area contributed by atoms with Crippen molar-refractivity contribution in [2.24, 2.45) is 5.73 Å². The highest BCUT2D eigenvalue weighted by molar-refractivity contribution is 9.10. The molecule has 0 fully saturated rings. The summed E-state index contributed by atoms with van der Waals surface area (Å²) < 4.78 is 14.8. The van der Waals surface area contributed by atoms with Crippen LogP contribution in [0, 0.1) is 5.82 Å². The number of hydrogen-bond acceptors (Lipinski definition) is 3. The van der Waals surface area contributed by atoms with Crippen molar-refractivity contribution in [1.82, 2.24) is 4.90 Å². The van der Waals surface area contributed by atoms with Crippen LogP contribution in [0.2, 0.25) is 0 Å². The van der Waals surface area contributed by atoms with E-state index in [0.717, 1.165) is 11.0 Å². The fourth-order valence-corrected chi connectivity index (χ4v) is 3.22. The number of halogens is 2. The van der Waals surface area contributed by atoms with Gasteiger partial charge in [-0.05, 0) is 36.7 Å². The minimum atomic E-state index is -0.211. The number of hydrogen-bond donors (Lipinski definition) is 1. The molecule has 1 atom stereocenters. The number of likely N-dealkylation sites (N-methyl/N-ethyl adjacent to an activating group) is 1. The maximum atomic E-state index is 13.9. The first-order valence-electron chi connectivity index (χ1n) is 5.99. The van der Waals surface area contributed by atoms with Crippen LogP contribution in [-0.4, -0.2) is 18.5 Å². The molecular weight excluding hydrogens is 327 g/mol. The van der Waals surface area contributed by atoms with Gasteiger partial charge in [-0.1, -0.05) is 22.0 Å². The molecule has 102 valence electrons. The molecule has 1 aromatic carbocycles. The minimum absolute atomic E-state index is 0.125. The lowest BCUT2D eigenvalue weighted by Gasteiger charge is -2.27. The van der Waals surface area contributed by atoms with E-state index < -0.39 is 0 Å². The molecule has 0 saturated heterocycles. The molecule has 0 bridgehead atoms. The third kappa shape index (κ3) is 3.63. The summed E-state index contributed by atoms with van der Waals surface area (Å²) in [4.78, 5) is 3.33. The van der Waals surface area contributed by atoms with Gasteiger partial charge in [-0.2, -0.15) is 0 Å². The number of nitrogens with two attached hydrogens (primary N) is 1. The van der Waals surface area contributed by atoms with Crippen molar-refractivity contribution in [3.05, 3.63) is 56.4 Å². The van der Waals surface area contributed by atoms with E-state index >= 15 is 0 Å². The van der Waals surface area contributed by atoms with Crippen LogP contribution in [0.4, 0.5) is 4.39 Å². The zero-order chi connectivity index (χ0) is 13.8. The number of rotatable bonds is 5. The molecule has 2 nitrogen and oxygen atoms in total. The van der Waals surface area contributed by atoms with Crippen molar-refractivity contribution in [2.75, 3.05) is 13.6 Å². The Bertz CT molecular complexity index is 530. The molecule has 0 spiro atoms. The molecule has 1 heterocycles. The average molecular weight is 343 g/mol. The maximum absolute atomic E-state index is 13.9. The molecule has 0 saturated carbocycles. The average Bonchev–Trinajstić information content (AvgIpc) is 2.87. The van der Waals surface area contributed by atoms with Gasteiger partial charge in [0.15, 0.2) is 0 Å². The summed E-state index contributed by atoms with van der Waals surface area (Å²) in [6.45, 7) is 1.15. The molecule has 2 N–H and O–H groups in total. The first-order valence-corrected chi connectivity index (χ1v) is 7.66. The molecule has 0 aliphatic carbocycles. The fourth-order valence-electron chi connectivity index (χ4n) is 2.07. The molecule has 0 amide bonds. The van der Waals surface area contributed by atoms with Crippen LogP contribution >= 0.6 is 27.3 Å². The zero-order valence-electron chi connectivity index (χ0n) is 10.6. The summed E-state index contributed by atoms with van der Waals surface area (Å²) in [5, 5.41) is 2.04. The highest BCUT2D eigenvalue weighted by Gasteiger charge is 2.19. The van der Waals surface area contributed by atoms with Gasteiger partial charge in [0.05, 0.1) is 6.04 Å². The van der Waals surface area contributed by atoms with Crippen LogP contribution < -0.4 is 5.73 Å². The van der Waals surface area contributed by atoms with E-state index in [0.29, 0.717) is 12.1 Å². The topological polar surface area (TPSA) is 29.3 Å². The molecule has 0 aliphatic heterocycles. The van der Waals surface area contributed by atoms with Gasteiger partial charge >= 0.3 is 0 Å². The largest absolute Gasteiger partial charge is 0.329 e. The molecule has 0 radical (unpaired) electrons. The summed E-state index contributed by atoms with van der Waals surface area (Å²) in [5.74, 6) is -0.211. The predicted molar refractivity (Wildman–Crippen MR) is 81.7 cm³/mol. The highest BCUT2D eigenvalue weighted by atomic mass is 79.9. The van der Waals surface area contributed by atoms with Crippen molar-refractivity contribution >= 4 is 27.3 Å². The summed E-state index contributed by atoms with van der Waals surface area (Å²) in [6, 6.07) is 8.95. The van der Waals surface area contributed by atoms with Gasteiger partial charge in [0.2, 0.25) is 0 Å². The molecule has 19 heavy (non-hydrogen) atoms. The zero-order valence-corrected chi connectivity index (χ0v) is 13.0. The van der Waals surface area contributed by atoms with Crippen molar-refractivity contribution in [2.45, 2.75) is 12.6 Å². The van der Waals surface area contributed by atoms with E-state index in [1.807, 2.05) is 18.5 Å². The first kappa shape index (κ1) is 14.7. The quantitative estimate of drug-likeness (QED) is 0.895. The van der Waals surface area contributed by atoms with E-state index in [2.05, 4.69) is 26.9 Å². The van der Waals surface area contributed by atoms with Crippen LogP contribution in [0.15, 0.2) is 40.2 Å². The van der Waals surface area contributed by atoms with Gasteiger partial charge in [0.1, 0.15) is 5.82 Å². The molecule has 2 rings (SSSR count). The molecule has 5 heteroatoms. The van der Waals surface area contributed by atoms with Crippen LogP contribution in [0.5, 0.6) is 0 Å². The van der Waals surface area contributed by atoms with Crippen LogP contribution in [-0.2, 0) is 6.54 Å². The summed E-state index contributed by atoms with van der Waals surface area (Å²) in [6.07, 6.45) is 0. The Balaban J connectivity index is 2.21. The fraction of sp³-hybridized carbons (Fsp3) is 0.286. The standard InChI is InChI=1S/C14H16BrFN2S/c1-18(9-11-3-2-6-19-11)14(8-17)12-7-10(15)4-5-13(12)16/h2-7,14H,8-9,17H2,1H3. The van der Waals surface area contributed by atoms with Crippen molar-refractivity contribution in [3.63, 3.8) is 0 Å². The Kier molecular flexibility index (Phi) is 5.10. The lowest BCUT2D eigenvalue weighted by Crippen LogP contribution is -2.30. The van der Waals surface area contributed by atoms with Gasteiger partial charge in [-0.3, -0.25) is 4.90 Å². The number of benzene rings is 1. The highest BCUT2D eigenvalue weighted by Crippen LogP contribution is 2.26. The molecular formula is C14H16BrFN2S. The number of thiophene rings is 1. The predicted octanol–water partition coefficient (Wildman–Crippen LogP) is 3.78. The van der Waals surface area contributed by atoms with Crippen molar-refractivity contribution in [1.29, 1.82) is 0 Å². The van der Waals surface area contributed by atoms with Gasteiger partial charge in [0, 0.05) is 28.0 Å². The summed E-state index contributed by atoms with van der Waals surface area (Å²) in [7, 11) is 1.97. The SMILES string of the molecule is CN(Cc1cccs1)C(CN)c1cc(Br)ccc1F. The third-order valence-corrected chi connectivity index (χ3v) is 4.41. The maximum Gasteiger partial charge on any atom is 0.128 e. The Labute approximate surface area is 125 Å². The van der Waals surface area contributed by atoms with E-state index in [1.54, 1.807) is 23.5 Å². The van der Waals surface area contributed by atoms with Crippen LogP contribution in [0.3, 0.4) is 0 Å². The number of nitrogens with zero attached hydrogens (tertiary/aromatic N) is 1. The summed E-state index contributed by atoms with van der Waals surface area (Å²) in [5.41, 5.74) is 6.47. The van der Waals surface area contributed by atoms with Gasteiger partial charge in [0.25, 0.3) is 0 Å². The van der Waals surface area contributed by atoms with E-state index in [9.17, 15) is 4.39 Å². The van der Waals surface area contributed by atoms with Crippen molar-refractivity contribution in [3.8, 4) is 0 Å². The Morgan fingerprint density at radius 3 is 2.84 bits per heavy atom. The minimum Gasteiger partial charge on any atom is -0.329 e. The van der Waals surface area contributed by atoms with E-state index in [1.165, 1.54) is 10.9 Å². The first-order chi connectivity index (χ1) is 9.11. The van der Waals surface area contributed by atoms with Gasteiger partial charge < -0.3 is 5.73 Å². The monoisotopic (exact) mass is 342 g/mol. The van der Waals surface area contributed by atoms with Gasteiger partial charge in [-0.25, -0.2) is 4.39 Å². The van der Waals surface area contributed by atoms with Crippen LogP contribution in [0.1, 0.15) is 16.5 Å². The van der Waals surface area contributed by atoms with Gasteiger partial charge in [-0.15, -0.1) is 11.3 Å². The Hall–Kier alpha value is -0.750. The molecule has 1 unspecified atom stereocenters. The summed E-state index contributed by atoms with van der Waals surface area (Å²) >= 11 is 5.08. The molecule has 2 aromatic rings. The van der Waals surface area contributed by atoms with Crippen molar-refractivity contribution < 1.29 is 4.39 Å². The smallest absolute Gasteiger partial charge is 0.128 e. The Morgan fingerprint density at radius 1 is 1.42 bits per heavy atom. The lowest BCUT2D eigenvalue weighted by atomic mass is 10.1. The molecule has 0 aliphatic rings. The van der Waals surface area contributed by atoms with E-state index in [4.69, 9.17) is 5.73 Å². The van der Waals surface area contributed by atoms with E-state index in [-0.39, 0.29) is 11.9 Å². The lowest BCUT2D eigenvalue weighted by molar-refractivity contribution is 0.238. The third-order valence-electron chi connectivity index (χ3n) is 3.06. The second-order valence-electron chi connectivity index (χ2n) is 4.41. The van der Waals surface area contributed by atoms with Crippen LogP contribution in [0.25, 0.3) is 0 Å².